The minimum absolute atomic E-state index is 0.245. The van der Waals surface area contributed by atoms with Crippen LogP contribution in [0.5, 0.6) is 0 Å². The smallest absolute Gasteiger partial charge is 0.341 e. The van der Waals surface area contributed by atoms with Gasteiger partial charge in [-0.1, -0.05) is 31.2 Å². The van der Waals surface area contributed by atoms with Crippen molar-refractivity contribution in [2.75, 3.05) is 18.5 Å². The summed E-state index contributed by atoms with van der Waals surface area (Å²) in [5, 5.41) is 30.7. The second kappa shape index (κ2) is 9.90. The van der Waals surface area contributed by atoms with Gasteiger partial charge in [-0.3, -0.25) is 4.79 Å². The molecule has 1 aromatic carbocycles. The molecule has 0 fully saturated rings. The molecule has 0 saturated heterocycles. The number of hydrogen-bond acceptors (Lipinski definition) is 10. The number of thiophene rings is 1. The number of hydrogen-bond donors (Lipinski definition) is 1. The van der Waals surface area contributed by atoms with Crippen LogP contribution >= 0.6 is 11.3 Å². The van der Waals surface area contributed by atoms with Gasteiger partial charge in [0.05, 0.1) is 24.7 Å². The lowest BCUT2D eigenvalue weighted by Crippen LogP contribution is -2.25. The van der Waals surface area contributed by atoms with Crippen LogP contribution in [0, 0.1) is 5.92 Å². The highest BCUT2D eigenvalue weighted by atomic mass is 32.1. The van der Waals surface area contributed by atoms with Gasteiger partial charge in [-0.15, -0.1) is 21.6 Å². The normalized spacial score (nSPS) is 16.4. The second-order valence-electron chi connectivity index (χ2n) is 7.68. The van der Waals surface area contributed by atoms with Crippen LogP contribution in [0.3, 0.4) is 0 Å². The molecule has 33 heavy (non-hydrogen) atoms. The maximum atomic E-state index is 12.6. The number of amides is 1. The Kier molecular flexibility index (Phi) is 6.78. The molecule has 2 aromatic rings. The highest BCUT2D eigenvalue weighted by Crippen LogP contribution is 2.40. The van der Waals surface area contributed by atoms with Crippen LogP contribution in [0.15, 0.2) is 44.9 Å². The molecule has 0 unspecified atom stereocenters. The minimum atomic E-state index is -0.652. The van der Waals surface area contributed by atoms with E-state index in [-0.39, 0.29) is 11.8 Å². The molecule has 0 radical (unpaired) electrons. The van der Waals surface area contributed by atoms with Crippen LogP contribution in [-0.2, 0) is 27.1 Å². The molecule has 1 aliphatic carbocycles. The van der Waals surface area contributed by atoms with E-state index in [0.29, 0.717) is 27.5 Å². The minimum Gasteiger partial charge on any atom is -0.603 e. The summed E-state index contributed by atoms with van der Waals surface area (Å²) in [7, 11) is 0. The summed E-state index contributed by atoms with van der Waals surface area (Å²) in [6.07, 6.45) is 2.60. The third kappa shape index (κ3) is 5.08. The van der Waals surface area contributed by atoms with Crippen molar-refractivity contribution < 1.29 is 24.2 Å². The topological polar surface area (TPSA) is 137 Å². The number of esters is 1. The maximum absolute atomic E-state index is 12.6. The Morgan fingerprint density at radius 2 is 1.91 bits per heavy atom. The molecule has 4 rings (SSSR count). The van der Waals surface area contributed by atoms with Crippen molar-refractivity contribution in [2.45, 2.75) is 33.1 Å². The predicted molar refractivity (Wildman–Crippen MR) is 118 cm³/mol. The molecular weight excluding hydrogens is 446 g/mol. The zero-order valence-corrected chi connectivity index (χ0v) is 19.0. The summed E-state index contributed by atoms with van der Waals surface area (Å²) in [6.45, 7) is 3.66. The molecule has 10 nitrogen and oxygen atoms in total. The zero-order valence-electron chi connectivity index (χ0n) is 18.2. The molecule has 0 saturated carbocycles. The van der Waals surface area contributed by atoms with Gasteiger partial charge in [0.1, 0.15) is 5.00 Å². The Bertz CT molecular complexity index is 1230. The fraction of sp³-hybridized carbons (Fsp3) is 0.364. The summed E-state index contributed by atoms with van der Waals surface area (Å²) in [6, 6.07) is 6.36. The lowest BCUT2D eigenvalue weighted by Gasteiger charge is -2.18. The number of nitrogens with one attached hydrogen (secondary N) is 1. The Morgan fingerprint density at radius 1 is 1.18 bits per heavy atom. The quantitative estimate of drug-likeness (QED) is 0.647. The molecule has 172 valence electrons. The van der Waals surface area contributed by atoms with E-state index < -0.39 is 24.4 Å². The number of carbonyl (C=O) groups excluding carboxylic acids is 2. The lowest BCUT2D eigenvalue weighted by atomic mass is 9.88. The molecule has 1 N–H and O–H groups in total. The first kappa shape index (κ1) is 22.6. The Hall–Kier alpha value is -3.60. The molecule has 1 aromatic heterocycles. The third-order valence-corrected chi connectivity index (χ3v) is 6.45. The van der Waals surface area contributed by atoms with E-state index >= 15 is 0 Å². The van der Waals surface area contributed by atoms with Gasteiger partial charge in [-0.05, 0) is 53.3 Å². The third-order valence-electron chi connectivity index (χ3n) is 5.28. The van der Waals surface area contributed by atoms with Crippen LogP contribution in [0.1, 0.15) is 41.1 Å². The van der Waals surface area contributed by atoms with Crippen molar-refractivity contribution in [3.63, 3.8) is 0 Å². The highest BCUT2D eigenvalue weighted by Gasteiger charge is 2.29. The van der Waals surface area contributed by atoms with E-state index in [1.807, 2.05) is 0 Å². The fourth-order valence-electron chi connectivity index (χ4n) is 3.65. The molecular formula is C22H22N5O5S-. The number of benzene rings is 1. The van der Waals surface area contributed by atoms with Crippen molar-refractivity contribution in [3.8, 4) is 0 Å². The van der Waals surface area contributed by atoms with E-state index in [9.17, 15) is 14.7 Å². The molecule has 0 bridgehead atoms. The molecule has 11 heteroatoms. The first-order chi connectivity index (χ1) is 16.0. The van der Waals surface area contributed by atoms with Crippen molar-refractivity contribution in [3.05, 3.63) is 50.7 Å². The summed E-state index contributed by atoms with van der Waals surface area (Å²) in [5.74, 6) is -0.767. The van der Waals surface area contributed by atoms with Crippen molar-refractivity contribution >= 4 is 40.0 Å². The first-order valence-electron chi connectivity index (χ1n) is 10.5. The predicted octanol–water partition coefficient (Wildman–Crippen LogP) is 2.03. The van der Waals surface area contributed by atoms with Gasteiger partial charge in [0.2, 0.25) is 11.7 Å². The van der Waals surface area contributed by atoms with E-state index in [2.05, 4.69) is 32.9 Å². The van der Waals surface area contributed by atoms with Crippen molar-refractivity contribution in [1.29, 1.82) is 0 Å². The van der Waals surface area contributed by atoms with Gasteiger partial charge >= 0.3 is 5.97 Å². The van der Waals surface area contributed by atoms with Gasteiger partial charge in [0, 0.05) is 10.1 Å². The lowest BCUT2D eigenvalue weighted by molar-refractivity contribution is -0.290. The van der Waals surface area contributed by atoms with Crippen LogP contribution < -0.4 is 20.9 Å². The first-order valence-corrected chi connectivity index (χ1v) is 11.4. The number of anilines is 1. The van der Waals surface area contributed by atoms with Gasteiger partial charge in [-0.2, -0.15) is 0 Å². The van der Waals surface area contributed by atoms with Gasteiger partial charge < -0.3 is 19.9 Å². The van der Waals surface area contributed by atoms with E-state index in [4.69, 9.17) is 9.47 Å². The summed E-state index contributed by atoms with van der Waals surface area (Å²) in [5.41, 5.74) is 1.36. The standard InChI is InChI=1S/C22H23N5O5S/c1-3-31-22(30)18-15-9-4-12(2)10-16(15)33-20(18)23-17(28)11-32-21(29)14-7-5-13(6-8-14)19-24-26-27-25-19/h5-8,12,29H,3-4,9-11H2,1-2H3,(H,23,28)/p-1/t12-/m1/s1. The largest absolute Gasteiger partial charge is 0.603 e. The van der Waals surface area contributed by atoms with Crippen LogP contribution in [0.25, 0.3) is 11.8 Å². The molecule has 0 spiro atoms. The Labute approximate surface area is 193 Å². The molecule has 2 aliphatic rings. The SMILES string of the molecule is CCOC(=O)c1c(NC(=O)COC([O-])=c2ccc(=C3N=NN=N3)cc2)sc2c1CC[C@@H](C)C2. The average molecular weight is 469 g/mol. The highest BCUT2D eigenvalue weighted by molar-refractivity contribution is 7.17. The zero-order chi connectivity index (χ0) is 23.4. The van der Waals surface area contributed by atoms with Crippen LogP contribution in [-0.4, -0.2) is 25.1 Å². The van der Waals surface area contributed by atoms with Crippen LogP contribution in [0.4, 0.5) is 5.00 Å². The molecule has 1 aliphatic heterocycles. The monoisotopic (exact) mass is 468 g/mol. The number of fused-ring (bicyclic) bond motifs is 1. The second-order valence-corrected chi connectivity index (χ2v) is 8.79. The Morgan fingerprint density at radius 3 is 2.61 bits per heavy atom. The van der Waals surface area contributed by atoms with Gasteiger partial charge in [0.15, 0.2) is 0 Å². The number of nitrogens with zero attached hydrogens (tertiary/aromatic N) is 4. The molecule has 1 amide bonds. The van der Waals surface area contributed by atoms with Crippen LogP contribution in [0.2, 0.25) is 0 Å². The van der Waals surface area contributed by atoms with Crippen molar-refractivity contribution in [2.24, 2.45) is 26.6 Å². The number of rotatable bonds is 6. The van der Waals surface area contributed by atoms with Gasteiger partial charge in [0.25, 0.3) is 0 Å². The van der Waals surface area contributed by atoms with E-state index in [0.717, 1.165) is 29.7 Å². The fourth-order valence-corrected chi connectivity index (χ4v) is 5.07. The van der Waals surface area contributed by atoms with Crippen molar-refractivity contribution in [1.82, 2.24) is 0 Å². The molecule has 2 heterocycles. The summed E-state index contributed by atoms with van der Waals surface area (Å²) in [4.78, 5) is 26.1. The number of carbonyl (C=O) groups is 2. The Balaban J connectivity index is 1.47. The summed E-state index contributed by atoms with van der Waals surface area (Å²) >= 11 is 1.38. The summed E-state index contributed by atoms with van der Waals surface area (Å²) < 4.78 is 10.3. The van der Waals surface area contributed by atoms with E-state index in [1.54, 1.807) is 31.2 Å². The van der Waals surface area contributed by atoms with Gasteiger partial charge in [-0.25, -0.2) is 4.79 Å². The number of ether oxygens (including phenoxy) is 2. The maximum Gasteiger partial charge on any atom is 0.341 e. The van der Waals surface area contributed by atoms with E-state index in [1.165, 1.54) is 11.3 Å². The average Bonchev–Trinajstić information content (AvgIpc) is 3.45. The molecule has 1 atom stereocenters.